The quantitative estimate of drug-likeness (QED) is 0.746. The summed E-state index contributed by atoms with van der Waals surface area (Å²) in [6, 6.07) is 5.03. The Labute approximate surface area is 139 Å². The second-order valence-corrected chi connectivity index (χ2v) is 4.96. The fraction of sp³-hybridized carbons (Fsp3) is 0.133. The molecule has 7 nitrogen and oxygen atoms in total. The van der Waals surface area contributed by atoms with Gasteiger partial charge in [-0.2, -0.15) is 18.2 Å². The van der Waals surface area contributed by atoms with Gasteiger partial charge in [-0.1, -0.05) is 0 Å². The summed E-state index contributed by atoms with van der Waals surface area (Å²) in [5.41, 5.74) is 10.7. The molecule has 1 aromatic carbocycles. The molecule has 10 heteroatoms. The predicted molar refractivity (Wildman–Crippen MR) is 84.2 cm³/mol. The largest absolute Gasteiger partial charge is 0.496 e. The Morgan fingerprint density at radius 1 is 1.04 bits per heavy atom. The highest BCUT2D eigenvalue weighted by molar-refractivity contribution is 5.95. The number of halogens is 3. The van der Waals surface area contributed by atoms with Crippen LogP contribution in [-0.2, 0) is 6.18 Å². The lowest BCUT2D eigenvalue weighted by molar-refractivity contribution is -0.141. The Balaban J connectivity index is 2.05. The van der Waals surface area contributed by atoms with E-state index in [1.165, 1.54) is 25.3 Å². The molecule has 3 aromatic rings. The molecule has 0 atom stereocenters. The van der Waals surface area contributed by atoms with Gasteiger partial charge in [0.15, 0.2) is 0 Å². The molecular formula is C15H12F3N5O2. The Morgan fingerprint density at radius 2 is 1.80 bits per heavy atom. The Kier molecular flexibility index (Phi) is 3.95. The van der Waals surface area contributed by atoms with Gasteiger partial charge in [0.05, 0.1) is 18.0 Å². The molecule has 130 valence electrons. The number of nitrogen functional groups attached to an aromatic ring is 2. The van der Waals surface area contributed by atoms with Gasteiger partial charge in [-0.3, -0.25) is 4.98 Å². The summed E-state index contributed by atoms with van der Waals surface area (Å²) in [5, 5.41) is 0.426. The number of pyridine rings is 1. The van der Waals surface area contributed by atoms with Crippen LogP contribution < -0.4 is 20.9 Å². The lowest BCUT2D eigenvalue weighted by Crippen LogP contribution is -2.07. The van der Waals surface area contributed by atoms with Crippen LogP contribution in [0.25, 0.3) is 10.9 Å². The first-order chi connectivity index (χ1) is 11.8. The van der Waals surface area contributed by atoms with Crippen LogP contribution in [0.2, 0.25) is 0 Å². The average Bonchev–Trinajstić information content (AvgIpc) is 2.53. The Hall–Kier alpha value is -3.30. The van der Waals surface area contributed by atoms with Gasteiger partial charge in [-0.25, -0.2) is 4.98 Å². The number of aromatic nitrogens is 3. The van der Waals surface area contributed by atoms with Crippen molar-refractivity contribution in [3.05, 3.63) is 36.2 Å². The van der Waals surface area contributed by atoms with Gasteiger partial charge in [0.1, 0.15) is 28.8 Å². The minimum absolute atomic E-state index is 0.0428. The fourth-order valence-electron chi connectivity index (χ4n) is 2.24. The zero-order valence-corrected chi connectivity index (χ0v) is 12.8. The number of rotatable bonds is 3. The van der Waals surface area contributed by atoms with E-state index in [1.54, 1.807) is 0 Å². The lowest BCUT2D eigenvalue weighted by Gasteiger charge is -2.12. The van der Waals surface area contributed by atoms with Crippen molar-refractivity contribution in [2.75, 3.05) is 18.6 Å². The molecule has 25 heavy (non-hydrogen) atoms. The summed E-state index contributed by atoms with van der Waals surface area (Å²) in [4.78, 5) is 11.2. The monoisotopic (exact) mass is 351 g/mol. The summed E-state index contributed by atoms with van der Waals surface area (Å²) in [7, 11) is 1.41. The molecule has 0 radical (unpaired) electrons. The van der Waals surface area contributed by atoms with E-state index in [0.717, 1.165) is 12.3 Å². The van der Waals surface area contributed by atoms with Crippen LogP contribution in [0.3, 0.4) is 0 Å². The maximum Gasteiger partial charge on any atom is 0.433 e. The van der Waals surface area contributed by atoms with Gasteiger partial charge in [0.25, 0.3) is 0 Å². The standard InChI is InChI=1S/C15H12F3N5O2/c1-24-10-5-8(4-9-12(10)13(19)23-14(20)22-9)25-7-2-3-21-11(6-7)15(16,17)18/h2-6H,1H3,(H4,19,20,22,23). The van der Waals surface area contributed by atoms with Crippen LogP contribution in [0.15, 0.2) is 30.5 Å². The number of hydrogen-bond acceptors (Lipinski definition) is 7. The van der Waals surface area contributed by atoms with Crippen LogP contribution in [0.4, 0.5) is 24.9 Å². The molecule has 0 aliphatic carbocycles. The first-order valence-corrected chi connectivity index (χ1v) is 6.90. The van der Waals surface area contributed by atoms with Crippen LogP contribution in [0.5, 0.6) is 17.2 Å². The van der Waals surface area contributed by atoms with Gasteiger partial charge in [0.2, 0.25) is 5.95 Å². The zero-order valence-electron chi connectivity index (χ0n) is 12.8. The van der Waals surface area contributed by atoms with Gasteiger partial charge in [-0.05, 0) is 6.07 Å². The van der Waals surface area contributed by atoms with E-state index in [2.05, 4.69) is 15.0 Å². The SMILES string of the molecule is COc1cc(Oc2ccnc(C(F)(F)F)c2)cc2nc(N)nc(N)c12. The second kappa shape index (κ2) is 5.96. The highest BCUT2D eigenvalue weighted by Crippen LogP contribution is 2.36. The molecular weight excluding hydrogens is 339 g/mol. The molecule has 2 heterocycles. The molecule has 0 aliphatic heterocycles. The van der Waals surface area contributed by atoms with Crippen molar-refractivity contribution in [3.63, 3.8) is 0 Å². The molecule has 0 saturated carbocycles. The number of ether oxygens (including phenoxy) is 2. The predicted octanol–water partition coefficient (Wildman–Crippen LogP) is 3.01. The summed E-state index contributed by atoms with van der Waals surface area (Å²) in [6.45, 7) is 0. The molecule has 0 spiro atoms. The number of fused-ring (bicyclic) bond motifs is 1. The number of hydrogen-bond donors (Lipinski definition) is 2. The molecule has 0 aliphatic rings. The van der Waals surface area contributed by atoms with E-state index in [0.29, 0.717) is 16.7 Å². The normalized spacial score (nSPS) is 11.5. The van der Waals surface area contributed by atoms with Crippen molar-refractivity contribution in [1.82, 2.24) is 15.0 Å². The topological polar surface area (TPSA) is 109 Å². The minimum atomic E-state index is -4.57. The minimum Gasteiger partial charge on any atom is -0.496 e. The summed E-state index contributed by atoms with van der Waals surface area (Å²) in [6.07, 6.45) is -3.56. The van der Waals surface area contributed by atoms with Crippen molar-refractivity contribution >= 4 is 22.7 Å². The number of methoxy groups -OCH3 is 1. The Morgan fingerprint density at radius 3 is 2.48 bits per heavy atom. The highest BCUT2D eigenvalue weighted by atomic mass is 19.4. The van der Waals surface area contributed by atoms with E-state index < -0.39 is 11.9 Å². The molecule has 0 unspecified atom stereocenters. The van der Waals surface area contributed by atoms with Crippen molar-refractivity contribution in [2.24, 2.45) is 0 Å². The third-order valence-corrected chi connectivity index (χ3v) is 3.26. The van der Waals surface area contributed by atoms with Crippen molar-refractivity contribution < 1.29 is 22.6 Å². The number of anilines is 2. The van der Waals surface area contributed by atoms with Crippen LogP contribution >= 0.6 is 0 Å². The molecule has 0 saturated heterocycles. The molecule has 0 bridgehead atoms. The van der Waals surface area contributed by atoms with E-state index in [9.17, 15) is 13.2 Å². The maximum absolute atomic E-state index is 12.7. The van der Waals surface area contributed by atoms with Crippen LogP contribution in [-0.4, -0.2) is 22.1 Å². The van der Waals surface area contributed by atoms with E-state index in [1.807, 2.05) is 0 Å². The van der Waals surface area contributed by atoms with E-state index in [-0.39, 0.29) is 23.3 Å². The van der Waals surface area contributed by atoms with Crippen molar-refractivity contribution in [1.29, 1.82) is 0 Å². The van der Waals surface area contributed by atoms with Gasteiger partial charge in [0, 0.05) is 24.4 Å². The van der Waals surface area contributed by atoms with Crippen LogP contribution in [0.1, 0.15) is 5.69 Å². The highest BCUT2D eigenvalue weighted by Gasteiger charge is 2.32. The molecule has 0 amide bonds. The summed E-state index contributed by atoms with van der Waals surface area (Å²) < 4.78 is 48.9. The number of nitrogens with two attached hydrogens (primary N) is 2. The molecule has 2 aromatic heterocycles. The second-order valence-electron chi connectivity index (χ2n) is 4.96. The van der Waals surface area contributed by atoms with Gasteiger partial charge in [-0.15, -0.1) is 0 Å². The first kappa shape index (κ1) is 16.6. The zero-order chi connectivity index (χ0) is 18.2. The molecule has 0 fully saturated rings. The van der Waals surface area contributed by atoms with Gasteiger partial charge < -0.3 is 20.9 Å². The lowest BCUT2D eigenvalue weighted by atomic mass is 10.2. The van der Waals surface area contributed by atoms with Crippen LogP contribution in [0, 0.1) is 0 Å². The third-order valence-electron chi connectivity index (χ3n) is 3.26. The number of nitrogens with zero attached hydrogens (tertiary/aromatic N) is 3. The number of alkyl halides is 3. The fourth-order valence-corrected chi connectivity index (χ4v) is 2.24. The molecule has 3 rings (SSSR count). The van der Waals surface area contributed by atoms with E-state index >= 15 is 0 Å². The smallest absolute Gasteiger partial charge is 0.433 e. The summed E-state index contributed by atoms with van der Waals surface area (Å²) in [5.74, 6) is 0.525. The maximum atomic E-state index is 12.7. The Bertz CT molecular complexity index is 946. The van der Waals surface area contributed by atoms with Crippen molar-refractivity contribution in [2.45, 2.75) is 6.18 Å². The van der Waals surface area contributed by atoms with E-state index in [4.69, 9.17) is 20.9 Å². The van der Waals surface area contributed by atoms with Crippen molar-refractivity contribution in [3.8, 4) is 17.2 Å². The number of benzene rings is 1. The first-order valence-electron chi connectivity index (χ1n) is 6.90. The third kappa shape index (κ3) is 3.32. The van der Waals surface area contributed by atoms with Gasteiger partial charge >= 0.3 is 6.18 Å². The average molecular weight is 351 g/mol. The summed E-state index contributed by atoms with van der Waals surface area (Å²) >= 11 is 0. The molecule has 4 N–H and O–H groups in total.